The number of fused-ring (bicyclic) bond motifs is 1. The molecule has 0 bridgehead atoms. The molecule has 0 saturated heterocycles. The Hall–Kier alpha value is -5.27. The third-order valence-corrected chi connectivity index (χ3v) is 6.87. The fourth-order valence-electron chi connectivity index (χ4n) is 4.63. The van der Waals surface area contributed by atoms with Crippen molar-refractivity contribution in [3.05, 3.63) is 101 Å². The highest BCUT2D eigenvalue weighted by Crippen LogP contribution is 2.37. The molecule has 0 amide bonds. The maximum absolute atomic E-state index is 13.9. The number of benzene rings is 2. The van der Waals surface area contributed by atoms with E-state index in [1.54, 1.807) is 24.3 Å². The number of nitrogens with one attached hydrogen (secondary N) is 4. The van der Waals surface area contributed by atoms with Crippen molar-refractivity contribution < 1.29 is 13.2 Å². The van der Waals surface area contributed by atoms with Gasteiger partial charge in [-0.3, -0.25) is 9.99 Å². The largest absolute Gasteiger partial charge is 0.378 e. The van der Waals surface area contributed by atoms with Crippen molar-refractivity contribution in [2.45, 2.75) is 24.3 Å². The Bertz CT molecular complexity index is 1800. The van der Waals surface area contributed by atoms with Gasteiger partial charge in [-0.25, -0.2) is 13.8 Å². The molecular weight excluding hydrogens is 530 g/mol. The zero-order chi connectivity index (χ0) is 28.7. The van der Waals surface area contributed by atoms with E-state index in [0.717, 1.165) is 25.1 Å². The van der Waals surface area contributed by atoms with Crippen LogP contribution in [0.5, 0.6) is 0 Å². The maximum Gasteiger partial charge on any atom is 0.249 e. The Morgan fingerprint density at radius 1 is 0.976 bits per heavy atom. The van der Waals surface area contributed by atoms with Crippen LogP contribution in [-0.2, 0) is 5.44 Å². The third kappa shape index (κ3) is 4.84. The van der Waals surface area contributed by atoms with E-state index < -0.39 is 23.0 Å². The lowest BCUT2D eigenvalue weighted by Gasteiger charge is -2.34. The number of nitriles is 2. The summed E-state index contributed by atoms with van der Waals surface area (Å²) in [6, 6.07) is 14.2. The van der Waals surface area contributed by atoms with Crippen LogP contribution in [0.4, 0.5) is 30.2 Å². The molecule has 1 atom stereocenters. The lowest BCUT2D eigenvalue weighted by molar-refractivity contribution is 0.260. The minimum Gasteiger partial charge on any atom is -0.378 e. The Kier molecular flexibility index (Phi) is 6.37. The number of nitrogens with zero attached hydrogens (tertiary/aromatic N) is 5. The number of aromatic nitrogens is 2. The topological polar surface area (TPSA) is 125 Å². The van der Waals surface area contributed by atoms with Gasteiger partial charge in [-0.1, -0.05) is 12.1 Å². The van der Waals surface area contributed by atoms with Crippen molar-refractivity contribution in [3.8, 4) is 12.1 Å². The van der Waals surface area contributed by atoms with Gasteiger partial charge in [-0.15, -0.1) is 5.53 Å². The van der Waals surface area contributed by atoms with Gasteiger partial charge in [0.1, 0.15) is 25.8 Å². The monoisotopic (exact) mass is 549 g/mol. The molecular formula is C28H19BF3N9. The summed E-state index contributed by atoms with van der Waals surface area (Å²) in [6.07, 6.45) is 6.23. The number of pyridine rings is 2. The molecule has 9 nitrogen and oxygen atoms in total. The molecule has 13 heteroatoms. The molecule has 3 heterocycles. The van der Waals surface area contributed by atoms with Gasteiger partial charge >= 0.3 is 0 Å². The van der Waals surface area contributed by atoms with E-state index in [1.807, 2.05) is 17.3 Å². The van der Waals surface area contributed by atoms with Crippen LogP contribution in [-0.4, -0.2) is 28.9 Å². The van der Waals surface area contributed by atoms with Gasteiger partial charge in [0, 0.05) is 35.6 Å². The first-order valence-electron chi connectivity index (χ1n) is 12.5. The Labute approximate surface area is 233 Å². The SMILES string of the molecule is [B]C(Nc1cc(C#N)c2ncc(C#N)c(Nc3cnc(F)c(F)c3)c2c1)(C1=CN(C2CC2)NN1)c1ccc(F)cc1. The molecule has 4 aromatic rings. The Balaban J connectivity index is 1.48. The van der Waals surface area contributed by atoms with Crippen molar-refractivity contribution in [1.82, 2.24) is 25.9 Å². The minimum absolute atomic E-state index is 0.0795. The average molecular weight is 549 g/mol. The highest BCUT2D eigenvalue weighted by Gasteiger charge is 2.37. The molecule has 6 rings (SSSR count). The summed E-state index contributed by atoms with van der Waals surface area (Å²) in [7, 11) is 6.99. The molecule has 1 saturated carbocycles. The number of hydrogen-bond acceptors (Lipinski definition) is 9. The van der Waals surface area contributed by atoms with E-state index in [1.165, 1.54) is 18.3 Å². The lowest BCUT2D eigenvalue weighted by Crippen LogP contribution is -2.45. The highest BCUT2D eigenvalue weighted by molar-refractivity contribution is 6.19. The molecule has 2 aromatic carbocycles. The zero-order valence-electron chi connectivity index (χ0n) is 21.2. The van der Waals surface area contributed by atoms with Crippen LogP contribution in [0, 0.1) is 40.2 Å². The predicted octanol–water partition coefficient (Wildman–Crippen LogP) is 4.30. The second-order valence-electron chi connectivity index (χ2n) is 9.67. The van der Waals surface area contributed by atoms with E-state index in [0.29, 0.717) is 28.4 Å². The van der Waals surface area contributed by atoms with Crippen LogP contribution < -0.4 is 21.6 Å². The van der Waals surface area contributed by atoms with Crippen LogP contribution in [0.25, 0.3) is 10.9 Å². The predicted molar refractivity (Wildman–Crippen MR) is 145 cm³/mol. The summed E-state index contributed by atoms with van der Waals surface area (Å²) in [6.45, 7) is 0. The van der Waals surface area contributed by atoms with E-state index in [2.05, 4.69) is 37.6 Å². The second-order valence-corrected chi connectivity index (χ2v) is 9.67. The van der Waals surface area contributed by atoms with Crippen molar-refractivity contribution in [1.29, 1.82) is 10.5 Å². The molecule has 1 unspecified atom stereocenters. The number of halogens is 3. The molecule has 2 radical (unpaired) electrons. The fourth-order valence-corrected chi connectivity index (χ4v) is 4.63. The van der Waals surface area contributed by atoms with E-state index in [-0.39, 0.29) is 28.0 Å². The summed E-state index contributed by atoms with van der Waals surface area (Å²) in [5, 5.41) is 28.2. The standard InChI is InChI=1S/C28H19BF3N9/c29-28(17-1-3-18(30)4-2-17,24-14-41(40-39-24)21-5-6-21)38-19-7-15(10-33)25-22(8-19)26(16(11-34)12-35-25)37-20-9-23(31)27(32)36-13-20/h1-4,7-9,12-14,21,38-40H,5-6H2,(H,35,37). The summed E-state index contributed by atoms with van der Waals surface area (Å²) < 4.78 is 41.2. The van der Waals surface area contributed by atoms with Crippen molar-refractivity contribution in [2.24, 2.45) is 0 Å². The quantitative estimate of drug-likeness (QED) is 0.197. The maximum atomic E-state index is 13.9. The fraction of sp³-hybridized carbons (Fsp3) is 0.143. The van der Waals surface area contributed by atoms with Crippen LogP contribution in [0.2, 0.25) is 0 Å². The molecule has 4 N–H and O–H groups in total. The second kappa shape index (κ2) is 10.0. The lowest BCUT2D eigenvalue weighted by atomic mass is 9.69. The summed E-state index contributed by atoms with van der Waals surface area (Å²) in [5.41, 5.74) is 6.96. The van der Waals surface area contributed by atoms with E-state index >= 15 is 0 Å². The van der Waals surface area contributed by atoms with Crippen LogP contribution >= 0.6 is 0 Å². The first kappa shape index (κ1) is 26.0. The summed E-state index contributed by atoms with van der Waals surface area (Å²) in [4.78, 5) is 7.68. The first-order chi connectivity index (χ1) is 19.8. The molecule has 200 valence electrons. The van der Waals surface area contributed by atoms with Gasteiger partial charge < -0.3 is 16.1 Å². The third-order valence-electron chi connectivity index (χ3n) is 6.87. The Morgan fingerprint density at radius 3 is 2.41 bits per heavy atom. The molecule has 2 aliphatic rings. The van der Waals surface area contributed by atoms with Crippen molar-refractivity contribution in [3.63, 3.8) is 0 Å². The summed E-state index contributed by atoms with van der Waals surface area (Å²) >= 11 is 0. The summed E-state index contributed by atoms with van der Waals surface area (Å²) in [5.74, 6) is -2.87. The van der Waals surface area contributed by atoms with Gasteiger partial charge in [0.25, 0.3) is 0 Å². The van der Waals surface area contributed by atoms with Gasteiger partial charge in [0.15, 0.2) is 5.82 Å². The average Bonchev–Trinajstić information content (AvgIpc) is 3.70. The normalized spacial score (nSPS) is 15.8. The zero-order valence-corrected chi connectivity index (χ0v) is 21.2. The van der Waals surface area contributed by atoms with Gasteiger partial charge in [-0.05, 0) is 42.7 Å². The molecule has 1 fully saturated rings. The number of hydrogen-bond donors (Lipinski definition) is 4. The molecule has 1 aliphatic carbocycles. The van der Waals surface area contributed by atoms with Crippen LogP contribution in [0.3, 0.4) is 0 Å². The molecule has 1 aliphatic heterocycles. The van der Waals surface area contributed by atoms with Crippen molar-refractivity contribution >= 4 is 35.8 Å². The van der Waals surface area contributed by atoms with Gasteiger partial charge in [0.05, 0.1) is 45.4 Å². The first-order valence-corrected chi connectivity index (χ1v) is 12.5. The molecule has 0 spiro atoms. The van der Waals surface area contributed by atoms with Crippen LogP contribution in [0.15, 0.2) is 66.8 Å². The van der Waals surface area contributed by atoms with Gasteiger partial charge in [0.2, 0.25) is 5.95 Å². The van der Waals surface area contributed by atoms with E-state index in [4.69, 9.17) is 7.85 Å². The smallest absolute Gasteiger partial charge is 0.249 e. The van der Waals surface area contributed by atoms with Crippen molar-refractivity contribution in [2.75, 3.05) is 10.6 Å². The highest BCUT2D eigenvalue weighted by atomic mass is 19.2. The van der Waals surface area contributed by atoms with Gasteiger partial charge in [-0.2, -0.15) is 14.9 Å². The number of rotatable bonds is 7. The van der Waals surface area contributed by atoms with E-state index in [9.17, 15) is 23.7 Å². The number of hydrazine groups is 2. The molecule has 2 aromatic heterocycles. The molecule has 41 heavy (non-hydrogen) atoms. The van der Waals surface area contributed by atoms with Crippen LogP contribution in [0.1, 0.15) is 29.5 Å². The minimum atomic E-state index is -1.43. The number of anilines is 3. The Morgan fingerprint density at radius 2 is 1.73 bits per heavy atom.